The van der Waals surface area contributed by atoms with Crippen LogP contribution in [0.1, 0.15) is 13.8 Å². The molecule has 0 saturated carbocycles. The van der Waals surface area contributed by atoms with Crippen molar-refractivity contribution in [2.75, 3.05) is 18.7 Å². The number of hydrogen-bond donors (Lipinski definition) is 1. The summed E-state index contributed by atoms with van der Waals surface area (Å²) in [6, 6.07) is 8.86. The zero-order chi connectivity index (χ0) is 14.3. The van der Waals surface area contributed by atoms with Crippen molar-refractivity contribution in [2.45, 2.75) is 19.9 Å². The summed E-state index contributed by atoms with van der Waals surface area (Å²) in [7, 11) is 1.31. The van der Waals surface area contributed by atoms with E-state index in [0.29, 0.717) is 12.2 Å². The number of para-hydroxylation sites is 1. The number of alkyl carbamates (subject to hydrolysis) is 1. The summed E-state index contributed by atoms with van der Waals surface area (Å²) in [5, 5.41) is 7.02. The number of methoxy groups -OCH3 is 1. The van der Waals surface area contributed by atoms with Crippen molar-refractivity contribution in [3.8, 4) is 0 Å². The molecule has 1 aromatic rings. The normalized spacial score (nSPS) is 11.8. The highest BCUT2D eigenvalue weighted by Gasteiger charge is 2.20. The molecule has 0 heterocycles. The van der Waals surface area contributed by atoms with Crippen molar-refractivity contribution < 1.29 is 9.53 Å². The summed E-state index contributed by atoms with van der Waals surface area (Å²) in [6.07, 6.45) is -0.516. The Hall–Kier alpha value is -2.11. The molecule has 0 aromatic heterocycles. The highest BCUT2D eigenvalue weighted by Crippen LogP contribution is 2.15. The molecule has 1 amide bonds. The summed E-state index contributed by atoms with van der Waals surface area (Å²) < 4.78 is 4.57. The van der Waals surface area contributed by atoms with Crippen LogP contribution in [0, 0.1) is 10.8 Å². The van der Waals surface area contributed by atoms with Gasteiger partial charge in [-0.2, -0.15) is 0 Å². The molecule has 0 saturated heterocycles. The number of nitrogens with zero attached hydrogens (tertiary/aromatic N) is 2. The molecule has 1 aromatic carbocycles. The Balaban J connectivity index is 2.76. The molecule has 1 N–H and O–H groups in total. The summed E-state index contributed by atoms with van der Waals surface area (Å²) in [5.74, 6) is 0.145. The Morgan fingerprint density at radius 1 is 1.37 bits per heavy atom. The fraction of sp³-hybridized carbons (Fsp3) is 0.462. The number of rotatable bonds is 6. The molecule has 6 nitrogen and oxygen atoms in total. The highest BCUT2D eigenvalue weighted by atomic mass is 16.5. The van der Waals surface area contributed by atoms with Crippen LogP contribution < -0.4 is 10.3 Å². The molecular weight excluding hydrogens is 246 g/mol. The Morgan fingerprint density at radius 3 is 2.47 bits per heavy atom. The molecule has 1 atom stereocenters. The van der Waals surface area contributed by atoms with Gasteiger partial charge in [0.15, 0.2) is 0 Å². The molecule has 1 unspecified atom stereocenters. The molecular formula is C13H19N3O3. The molecule has 0 aliphatic heterocycles. The van der Waals surface area contributed by atoms with Crippen molar-refractivity contribution in [3.05, 3.63) is 35.2 Å². The Bertz CT molecular complexity index is 409. The van der Waals surface area contributed by atoms with Gasteiger partial charge in [-0.25, -0.2) is 9.80 Å². The zero-order valence-corrected chi connectivity index (χ0v) is 11.4. The predicted molar refractivity (Wildman–Crippen MR) is 73.7 cm³/mol. The van der Waals surface area contributed by atoms with E-state index in [2.05, 4.69) is 15.3 Å². The second-order valence-electron chi connectivity index (χ2n) is 4.49. The second-order valence-corrected chi connectivity index (χ2v) is 4.49. The number of carbonyl (C=O) groups excluding carboxylic acids is 1. The predicted octanol–water partition coefficient (Wildman–Crippen LogP) is 2.56. The fourth-order valence-electron chi connectivity index (χ4n) is 1.61. The lowest BCUT2D eigenvalue weighted by molar-refractivity contribution is 0.163. The average molecular weight is 265 g/mol. The van der Waals surface area contributed by atoms with E-state index in [1.807, 2.05) is 32.0 Å². The molecule has 0 fully saturated rings. The first-order valence-electron chi connectivity index (χ1n) is 6.08. The summed E-state index contributed by atoms with van der Waals surface area (Å²) in [5.41, 5.74) is 0.690. The maximum atomic E-state index is 11.3. The van der Waals surface area contributed by atoms with Gasteiger partial charge in [0.05, 0.1) is 30.7 Å². The van der Waals surface area contributed by atoms with Crippen molar-refractivity contribution in [1.82, 2.24) is 5.32 Å². The number of nitrogens with one attached hydrogen (secondary N) is 1. The van der Waals surface area contributed by atoms with Gasteiger partial charge in [-0.05, 0) is 18.1 Å². The third kappa shape index (κ3) is 4.57. The largest absolute Gasteiger partial charge is 0.453 e. The lowest BCUT2D eigenvalue weighted by atomic mass is 10.0. The van der Waals surface area contributed by atoms with Gasteiger partial charge < -0.3 is 10.1 Å². The molecule has 19 heavy (non-hydrogen) atoms. The van der Waals surface area contributed by atoms with E-state index in [1.54, 1.807) is 12.1 Å². The van der Waals surface area contributed by atoms with Gasteiger partial charge in [0.1, 0.15) is 0 Å². The van der Waals surface area contributed by atoms with Gasteiger partial charge in [0.25, 0.3) is 0 Å². The SMILES string of the molecule is COC(=O)NC(CN(N=O)c1ccccc1)C(C)C. The Morgan fingerprint density at radius 2 is 2.00 bits per heavy atom. The van der Waals surface area contributed by atoms with Crippen LogP contribution in [0.4, 0.5) is 10.5 Å². The first-order valence-corrected chi connectivity index (χ1v) is 6.08. The Labute approximate surface area is 112 Å². The van der Waals surface area contributed by atoms with Crippen LogP contribution in [-0.4, -0.2) is 25.8 Å². The fourth-order valence-corrected chi connectivity index (χ4v) is 1.61. The average Bonchev–Trinajstić information content (AvgIpc) is 2.43. The third-order valence-electron chi connectivity index (χ3n) is 2.82. The van der Waals surface area contributed by atoms with Crippen molar-refractivity contribution in [3.63, 3.8) is 0 Å². The minimum absolute atomic E-state index is 0.145. The number of benzene rings is 1. The molecule has 0 radical (unpaired) electrons. The number of hydrogen-bond acceptors (Lipinski definition) is 4. The van der Waals surface area contributed by atoms with E-state index < -0.39 is 6.09 Å². The van der Waals surface area contributed by atoms with E-state index in [0.717, 1.165) is 0 Å². The minimum atomic E-state index is -0.516. The standard InChI is InChI=1S/C13H19N3O3/c1-10(2)12(14-13(17)19-3)9-16(15-18)11-7-5-4-6-8-11/h4-8,10,12H,9H2,1-3H3,(H,14,17). The maximum Gasteiger partial charge on any atom is 0.407 e. The van der Waals surface area contributed by atoms with E-state index in [4.69, 9.17) is 0 Å². The summed E-state index contributed by atoms with van der Waals surface area (Å²) >= 11 is 0. The Kier molecular flexibility index (Phi) is 5.78. The molecule has 104 valence electrons. The van der Waals surface area contributed by atoms with Crippen LogP contribution in [0.25, 0.3) is 0 Å². The van der Waals surface area contributed by atoms with Crippen molar-refractivity contribution >= 4 is 11.8 Å². The summed E-state index contributed by atoms with van der Waals surface area (Å²) in [6.45, 7) is 4.20. The number of carbonyl (C=O) groups is 1. The molecule has 0 aliphatic carbocycles. The topological polar surface area (TPSA) is 71.0 Å². The molecule has 0 bridgehead atoms. The van der Waals surface area contributed by atoms with Crippen LogP contribution in [0.15, 0.2) is 35.6 Å². The first kappa shape index (κ1) is 14.9. The van der Waals surface area contributed by atoms with Gasteiger partial charge in [0.2, 0.25) is 0 Å². The van der Waals surface area contributed by atoms with Gasteiger partial charge in [-0.15, -0.1) is 4.91 Å². The first-order chi connectivity index (χ1) is 9.08. The molecule has 0 spiro atoms. The van der Waals surface area contributed by atoms with Crippen LogP contribution in [-0.2, 0) is 4.74 Å². The quantitative estimate of drug-likeness (QED) is 0.634. The maximum absolute atomic E-state index is 11.3. The number of anilines is 1. The lowest BCUT2D eigenvalue weighted by Gasteiger charge is -2.26. The van der Waals surface area contributed by atoms with Crippen LogP contribution in [0.2, 0.25) is 0 Å². The minimum Gasteiger partial charge on any atom is -0.453 e. The molecule has 1 rings (SSSR count). The van der Waals surface area contributed by atoms with E-state index >= 15 is 0 Å². The van der Waals surface area contributed by atoms with Gasteiger partial charge in [0, 0.05) is 0 Å². The second kappa shape index (κ2) is 7.35. The van der Waals surface area contributed by atoms with E-state index in [1.165, 1.54) is 12.1 Å². The monoisotopic (exact) mass is 265 g/mol. The zero-order valence-electron chi connectivity index (χ0n) is 11.4. The molecule has 0 aliphatic rings. The van der Waals surface area contributed by atoms with Crippen LogP contribution in [0.3, 0.4) is 0 Å². The van der Waals surface area contributed by atoms with Crippen molar-refractivity contribution in [1.29, 1.82) is 0 Å². The number of amides is 1. The highest BCUT2D eigenvalue weighted by molar-refractivity contribution is 5.67. The van der Waals surface area contributed by atoms with Crippen molar-refractivity contribution in [2.24, 2.45) is 11.2 Å². The van der Waals surface area contributed by atoms with E-state index in [-0.39, 0.29) is 12.0 Å². The van der Waals surface area contributed by atoms with Crippen LogP contribution in [0.5, 0.6) is 0 Å². The smallest absolute Gasteiger partial charge is 0.407 e. The number of nitroso groups, excluding NO2 is 1. The third-order valence-corrected chi connectivity index (χ3v) is 2.82. The van der Waals surface area contributed by atoms with Gasteiger partial charge in [-0.3, -0.25) is 0 Å². The van der Waals surface area contributed by atoms with Gasteiger partial charge in [-0.1, -0.05) is 32.0 Å². The summed E-state index contributed by atoms with van der Waals surface area (Å²) in [4.78, 5) is 22.2. The molecule has 6 heteroatoms. The van der Waals surface area contributed by atoms with Gasteiger partial charge >= 0.3 is 6.09 Å². The van der Waals surface area contributed by atoms with E-state index in [9.17, 15) is 9.70 Å². The lowest BCUT2D eigenvalue weighted by Crippen LogP contribution is -2.45. The number of ether oxygens (including phenoxy) is 1. The van der Waals surface area contributed by atoms with Crippen LogP contribution >= 0.6 is 0 Å².